The van der Waals surface area contributed by atoms with Crippen molar-refractivity contribution in [3.63, 3.8) is 0 Å². The topological polar surface area (TPSA) is 0 Å². The number of rotatable bonds is 0. The van der Waals surface area contributed by atoms with Gasteiger partial charge in [-0.05, 0) is 0 Å². The summed E-state index contributed by atoms with van der Waals surface area (Å²) in [6, 6.07) is 0. The first-order chi connectivity index (χ1) is 1.41. The van der Waals surface area contributed by atoms with Gasteiger partial charge >= 0.3 is 0 Å². The molecule has 0 saturated heterocycles. The summed E-state index contributed by atoms with van der Waals surface area (Å²) in [6.45, 7) is 4.00. The molecule has 0 aromatic rings. The number of hydrogen-bond acceptors (Lipinski definition) is 0. The molecule has 0 unspecified atom stereocenters. The molecule has 0 aliphatic carbocycles. The smallest absolute Gasteiger partial charge is 0 e. The van der Waals surface area contributed by atoms with Gasteiger partial charge in [-0.15, -0.1) is 0 Å². The summed E-state index contributed by atoms with van der Waals surface area (Å²) in [6.07, 6.45) is 2.00. The normalized spacial score (nSPS) is 2.00. The van der Waals surface area contributed by atoms with Crippen molar-refractivity contribution in [2.75, 3.05) is 0 Å². The Balaban J connectivity index is -0.00000000133. The van der Waals surface area contributed by atoms with Crippen molar-refractivity contribution in [2.45, 2.75) is 13.8 Å². The quantitative estimate of drug-likeness (QED) is 0.601. The zero-order valence-corrected chi connectivity index (χ0v) is 10.2. The van der Waals surface area contributed by atoms with E-state index in [1.165, 1.54) is 0 Å². The van der Waals surface area contributed by atoms with Crippen molar-refractivity contribution in [1.82, 2.24) is 0 Å². The van der Waals surface area contributed by atoms with Gasteiger partial charge in [-0.2, -0.15) is 13.8 Å². The van der Waals surface area contributed by atoms with E-state index in [9.17, 15) is 0 Å². The van der Waals surface area contributed by atoms with Crippen molar-refractivity contribution in [1.29, 1.82) is 0 Å². The molecule has 0 heterocycles. The largest absolute Gasteiger partial charge is 0.358 e. The van der Waals surface area contributed by atoms with Crippen LogP contribution in [-0.4, -0.2) is 0 Å². The molecular formula is C8H22Pt-6. The Morgan fingerprint density at radius 3 is 0.667 bits per heavy atom. The van der Waals surface area contributed by atoms with Gasteiger partial charge in [-0.1, -0.05) is 0 Å². The van der Waals surface area contributed by atoms with Crippen molar-refractivity contribution >= 4 is 0 Å². The second-order valence-electron chi connectivity index (χ2n) is 0.577. The van der Waals surface area contributed by atoms with Crippen LogP contribution in [0.5, 0.6) is 0 Å². The molecule has 70 valence electrons. The Morgan fingerprint density at radius 2 is 0.667 bits per heavy atom. The predicted molar refractivity (Wildman–Crippen MR) is 47.7 cm³/mol. The Bertz CT molecular complexity index is 4.53. The fourth-order valence-electron chi connectivity index (χ4n) is 0. The zero-order chi connectivity index (χ0) is 2.71. The molecule has 0 nitrogen and oxygen atoms in total. The molecule has 0 aliphatic heterocycles. The van der Waals surface area contributed by atoms with Gasteiger partial charge in [0.15, 0.2) is 0 Å². The van der Waals surface area contributed by atoms with Gasteiger partial charge in [0.25, 0.3) is 0 Å². The monoisotopic (exact) mass is 313 g/mol. The van der Waals surface area contributed by atoms with Crippen LogP contribution in [0.2, 0.25) is 0 Å². The zero-order valence-electron chi connectivity index (χ0n) is 7.89. The molecule has 0 N–H and O–H groups in total. The van der Waals surface area contributed by atoms with Crippen molar-refractivity contribution < 1.29 is 21.1 Å². The van der Waals surface area contributed by atoms with Gasteiger partial charge in [0.05, 0.1) is 0 Å². The minimum absolute atomic E-state index is 0. The summed E-state index contributed by atoms with van der Waals surface area (Å²) in [5.74, 6) is 0. The van der Waals surface area contributed by atoms with Crippen LogP contribution in [0.1, 0.15) is 13.8 Å². The summed E-state index contributed by atoms with van der Waals surface area (Å²) in [4.78, 5) is 0. The van der Waals surface area contributed by atoms with Crippen LogP contribution in [0.15, 0.2) is 0 Å². The summed E-state index contributed by atoms with van der Waals surface area (Å²) in [5.41, 5.74) is 0. The molecule has 0 rings (SSSR count). The molecule has 9 heavy (non-hydrogen) atoms. The van der Waals surface area contributed by atoms with Gasteiger partial charge in [0.2, 0.25) is 0 Å². The molecule has 0 fully saturated rings. The van der Waals surface area contributed by atoms with Crippen molar-refractivity contribution in [3.05, 3.63) is 43.6 Å². The Morgan fingerprint density at radius 1 is 0.667 bits per heavy atom. The first kappa shape index (κ1) is 101. The van der Waals surface area contributed by atoms with Crippen LogP contribution in [0, 0.1) is 43.6 Å². The van der Waals surface area contributed by atoms with E-state index in [0.717, 1.165) is 0 Å². The van der Waals surface area contributed by atoms with E-state index in [4.69, 9.17) is 0 Å². The van der Waals surface area contributed by atoms with E-state index in [2.05, 4.69) is 0 Å². The van der Waals surface area contributed by atoms with Crippen LogP contribution >= 0.6 is 0 Å². The third-order valence-corrected chi connectivity index (χ3v) is 0. The summed E-state index contributed by atoms with van der Waals surface area (Å²) >= 11 is 0. The van der Waals surface area contributed by atoms with Gasteiger partial charge in [-0.3, -0.25) is 0 Å². The van der Waals surface area contributed by atoms with Gasteiger partial charge in [0.1, 0.15) is 0 Å². The molecule has 0 spiro atoms. The number of hydrogen-bond donors (Lipinski definition) is 0. The molecule has 0 amide bonds. The van der Waals surface area contributed by atoms with E-state index >= 15 is 0 Å². The molecule has 0 aliphatic rings. The molecule has 0 aromatic heterocycles. The Kier molecular flexibility index (Phi) is 2030. The third kappa shape index (κ3) is 820. The molecule has 1 heteroatoms. The van der Waals surface area contributed by atoms with Gasteiger partial charge < -0.3 is 43.6 Å². The van der Waals surface area contributed by atoms with Gasteiger partial charge in [0, 0.05) is 21.1 Å². The van der Waals surface area contributed by atoms with E-state index in [0.29, 0.717) is 0 Å². The average molecular weight is 313 g/mol. The average Bonchev–Trinajstić information content (AvgIpc) is 0.918. The Hall–Kier alpha value is 0.688. The van der Waals surface area contributed by atoms with Crippen LogP contribution in [0.3, 0.4) is 0 Å². The molecule has 0 radical (unpaired) electrons. The standard InChI is InChI=1S/C3H7.5CH3.Pt/c1-3-2;;;;;;/h3H,1-2H3;5*1H3;/q6*-1;. The van der Waals surface area contributed by atoms with Crippen LogP contribution < -0.4 is 0 Å². The maximum absolute atomic E-state index is 2.00. The maximum Gasteiger partial charge on any atom is 0 e. The minimum atomic E-state index is 0. The molecule has 0 bridgehead atoms. The molecule has 0 aromatic carbocycles. The maximum atomic E-state index is 2.00. The van der Waals surface area contributed by atoms with E-state index in [1.54, 1.807) is 0 Å². The summed E-state index contributed by atoms with van der Waals surface area (Å²) in [7, 11) is 0. The van der Waals surface area contributed by atoms with Crippen LogP contribution in [0.4, 0.5) is 0 Å². The van der Waals surface area contributed by atoms with Crippen molar-refractivity contribution in [2.24, 2.45) is 0 Å². The van der Waals surface area contributed by atoms with Gasteiger partial charge in [-0.25, -0.2) is 0 Å². The minimum Gasteiger partial charge on any atom is -0.358 e. The predicted octanol–water partition coefficient (Wildman–Crippen LogP) is 3.48. The molecular weight excluding hydrogens is 291 g/mol. The summed E-state index contributed by atoms with van der Waals surface area (Å²) in [5, 5.41) is 0. The second-order valence-corrected chi connectivity index (χ2v) is 0.577. The summed E-state index contributed by atoms with van der Waals surface area (Å²) < 4.78 is 0. The van der Waals surface area contributed by atoms with E-state index in [-0.39, 0.29) is 58.2 Å². The van der Waals surface area contributed by atoms with E-state index in [1.807, 2.05) is 20.3 Å². The van der Waals surface area contributed by atoms with Crippen LogP contribution in [0.25, 0.3) is 0 Å². The van der Waals surface area contributed by atoms with Crippen LogP contribution in [-0.2, 0) is 21.1 Å². The first-order valence-corrected chi connectivity index (χ1v) is 1.15. The second kappa shape index (κ2) is 180. The Labute approximate surface area is 78.7 Å². The SMILES string of the molecule is C[CH-]C.[CH3-].[CH3-].[CH3-].[CH3-].[CH3-].[Pt]. The third-order valence-electron chi connectivity index (χ3n) is 0. The fourth-order valence-corrected chi connectivity index (χ4v) is 0. The molecule has 0 saturated carbocycles. The fraction of sp³-hybridized carbons (Fsp3) is 0.250. The molecule has 0 atom stereocenters. The van der Waals surface area contributed by atoms with Crippen molar-refractivity contribution in [3.8, 4) is 0 Å². The first-order valence-electron chi connectivity index (χ1n) is 1.15. The van der Waals surface area contributed by atoms with E-state index < -0.39 is 0 Å².